The number of benzene rings is 2. The number of para-hydroxylation sites is 1. The molecule has 1 atom stereocenters. The van der Waals surface area contributed by atoms with E-state index in [1.54, 1.807) is 62.7 Å². The molecule has 1 unspecified atom stereocenters. The van der Waals surface area contributed by atoms with Crippen molar-refractivity contribution < 1.29 is 19.1 Å². The van der Waals surface area contributed by atoms with Crippen LogP contribution in [0.2, 0.25) is 0 Å². The second-order valence-electron chi connectivity index (χ2n) is 5.75. The van der Waals surface area contributed by atoms with Crippen molar-refractivity contribution in [3.8, 4) is 5.75 Å². The van der Waals surface area contributed by atoms with E-state index in [4.69, 9.17) is 9.47 Å². The summed E-state index contributed by atoms with van der Waals surface area (Å²) < 4.78 is 10.6. The summed E-state index contributed by atoms with van der Waals surface area (Å²) in [6, 6.07) is 12.0. The third kappa shape index (κ3) is 4.20. The number of anilines is 1. The number of aromatic nitrogens is 2. The van der Waals surface area contributed by atoms with Gasteiger partial charge >= 0.3 is 5.97 Å². The molecule has 138 valence electrons. The van der Waals surface area contributed by atoms with Gasteiger partial charge in [-0.3, -0.25) is 14.8 Å². The van der Waals surface area contributed by atoms with Crippen LogP contribution in [0, 0.1) is 0 Å². The Morgan fingerprint density at radius 2 is 1.89 bits per heavy atom. The number of hydrogen-bond acceptors (Lipinski definition) is 6. The van der Waals surface area contributed by atoms with Crippen molar-refractivity contribution in [2.75, 3.05) is 12.4 Å². The van der Waals surface area contributed by atoms with Crippen LogP contribution in [0.1, 0.15) is 23.7 Å². The van der Waals surface area contributed by atoms with Crippen molar-refractivity contribution in [1.82, 2.24) is 9.97 Å². The summed E-state index contributed by atoms with van der Waals surface area (Å²) >= 11 is 0. The summed E-state index contributed by atoms with van der Waals surface area (Å²) in [5, 5.41) is 2.74. The Balaban J connectivity index is 1.75. The Morgan fingerprint density at radius 1 is 1.11 bits per heavy atom. The van der Waals surface area contributed by atoms with Gasteiger partial charge in [0, 0.05) is 24.1 Å². The van der Waals surface area contributed by atoms with E-state index in [9.17, 15) is 9.59 Å². The molecule has 1 heterocycles. The van der Waals surface area contributed by atoms with Crippen molar-refractivity contribution >= 4 is 28.6 Å². The number of hydrogen-bond donors (Lipinski definition) is 1. The summed E-state index contributed by atoms with van der Waals surface area (Å²) in [6.45, 7) is 1.77. The first-order chi connectivity index (χ1) is 13.1. The quantitative estimate of drug-likeness (QED) is 0.675. The second kappa shape index (κ2) is 8.27. The summed E-state index contributed by atoms with van der Waals surface area (Å²) in [7, 11) is 1.55. The molecule has 0 aliphatic rings. The first kappa shape index (κ1) is 18.3. The van der Waals surface area contributed by atoms with E-state index in [-0.39, 0.29) is 5.56 Å². The zero-order chi connectivity index (χ0) is 19.2. The van der Waals surface area contributed by atoms with E-state index in [2.05, 4.69) is 15.3 Å². The maximum absolute atomic E-state index is 12.6. The molecule has 0 aliphatic carbocycles. The molecule has 1 aromatic heterocycles. The largest absolute Gasteiger partial charge is 0.497 e. The summed E-state index contributed by atoms with van der Waals surface area (Å²) in [6.07, 6.45) is 2.45. The third-order valence-electron chi connectivity index (χ3n) is 3.97. The molecule has 0 radical (unpaired) electrons. The number of fused-ring (bicyclic) bond motifs is 1. The van der Waals surface area contributed by atoms with Gasteiger partial charge in [-0.25, -0.2) is 4.79 Å². The number of carbonyl (C=O) groups excluding carboxylic acids is 2. The zero-order valence-corrected chi connectivity index (χ0v) is 15.0. The van der Waals surface area contributed by atoms with Crippen LogP contribution in [0.4, 0.5) is 5.69 Å². The third-order valence-corrected chi connectivity index (χ3v) is 3.97. The summed E-state index contributed by atoms with van der Waals surface area (Å²) in [5.74, 6) is -0.411. The number of rotatable bonds is 6. The number of ether oxygens (including phenoxy) is 2. The van der Waals surface area contributed by atoms with Crippen molar-refractivity contribution in [3.63, 3.8) is 0 Å². The number of amides is 1. The number of nitrogens with one attached hydrogen (secondary N) is 1. The molecule has 0 spiro atoms. The van der Waals surface area contributed by atoms with Gasteiger partial charge in [0.05, 0.1) is 18.2 Å². The lowest BCUT2D eigenvalue weighted by Crippen LogP contribution is -2.32. The number of esters is 1. The lowest BCUT2D eigenvalue weighted by atomic mass is 10.1. The van der Waals surface area contributed by atoms with Gasteiger partial charge in [0.25, 0.3) is 5.91 Å². The van der Waals surface area contributed by atoms with Crippen molar-refractivity contribution in [2.24, 2.45) is 0 Å². The van der Waals surface area contributed by atoms with E-state index >= 15 is 0 Å². The molecule has 27 heavy (non-hydrogen) atoms. The SMILES string of the molecule is CCC(OC(=O)c1cccc2nccnc12)C(=O)Nc1cccc(OC)c1. The van der Waals surface area contributed by atoms with E-state index in [1.165, 1.54) is 6.20 Å². The second-order valence-corrected chi connectivity index (χ2v) is 5.75. The van der Waals surface area contributed by atoms with Gasteiger partial charge in [0.2, 0.25) is 0 Å². The average Bonchev–Trinajstić information content (AvgIpc) is 2.71. The molecule has 7 nitrogen and oxygen atoms in total. The molecule has 3 aromatic rings. The molecule has 7 heteroatoms. The molecule has 1 amide bonds. The van der Waals surface area contributed by atoms with Crippen molar-refractivity contribution in [1.29, 1.82) is 0 Å². The predicted molar refractivity (Wildman–Crippen MR) is 101 cm³/mol. The number of nitrogens with zero attached hydrogens (tertiary/aromatic N) is 2. The molecule has 0 aliphatic heterocycles. The Morgan fingerprint density at radius 3 is 2.67 bits per heavy atom. The highest BCUT2D eigenvalue weighted by Gasteiger charge is 2.23. The van der Waals surface area contributed by atoms with Gasteiger partial charge in [-0.1, -0.05) is 19.1 Å². The van der Waals surface area contributed by atoms with Crippen LogP contribution in [0.15, 0.2) is 54.9 Å². The van der Waals surface area contributed by atoms with Crippen LogP contribution in [-0.2, 0) is 9.53 Å². The first-order valence-corrected chi connectivity index (χ1v) is 8.48. The summed E-state index contributed by atoms with van der Waals surface area (Å²) in [5.41, 5.74) is 1.85. The topological polar surface area (TPSA) is 90.4 Å². The molecule has 0 saturated heterocycles. The Hall–Kier alpha value is -3.48. The van der Waals surface area contributed by atoms with Crippen LogP contribution in [-0.4, -0.2) is 35.1 Å². The van der Waals surface area contributed by atoms with Crippen LogP contribution >= 0.6 is 0 Å². The van der Waals surface area contributed by atoms with E-state index < -0.39 is 18.0 Å². The maximum atomic E-state index is 12.6. The minimum Gasteiger partial charge on any atom is -0.497 e. The highest BCUT2D eigenvalue weighted by atomic mass is 16.5. The van der Waals surface area contributed by atoms with Gasteiger partial charge < -0.3 is 14.8 Å². The van der Waals surface area contributed by atoms with Crippen molar-refractivity contribution in [2.45, 2.75) is 19.4 Å². The molecule has 0 saturated carbocycles. The highest BCUT2D eigenvalue weighted by Crippen LogP contribution is 2.19. The van der Waals surface area contributed by atoms with Gasteiger partial charge in [0.15, 0.2) is 6.10 Å². The first-order valence-electron chi connectivity index (χ1n) is 8.48. The normalized spacial score (nSPS) is 11.6. The zero-order valence-electron chi connectivity index (χ0n) is 15.0. The highest BCUT2D eigenvalue weighted by molar-refractivity contribution is 6.03. The van der Waals surface area contributed by atoms with Gasteiger partial charge in [-0.15, -0.1) is 0 Å². The van der Waals surface area contributed by atoms with Crippen LogP contribution in [0.5, 0.6) is 5.75 Å². The predicted octanol–water partition coefficient (Wildman–Crippen LogP) is 3.21. The van der Waals surface area contributed by atoms with Gasteiger partial charge in [-0.05, 0) is 30.7 Å². The Bertz CT molecular complexity index is 969. The van der Waals surface area contributed by atoms with Crippen LogP contribution in [0.25, 0.3) is 11.0 Å². The standard InChI is InChI=1S/C20H19N3O4/c1-3-17(19(24)23-13-6-4-7-14(12-13)26-2)27-20(25)15-8-5-9-16-18(15)22-11-10-21-16/h4-12,17H,3H2,1-2H3,(H,23,24). The molecular weight excluding hydrogens is 346 g/mol. The molecule has 0 bridgehead atoms. The van der Waals surface area contributed by atoms with E-state index in [1.807, 2.05) is 0 Å². The molecule has 3 rings (SSSR count). The fraction of sp³-hybridized carbons (Fsp3) is 0.200. The Labute approximate surface area is 156 Å². The fourth-order valence-electron chi connectivity index (χ4n) is 2.60. The smallest absolute Gasteiger partial charge is 0.341 e. The summed E-state index contributed by atoms with van der Waals surface area (Å²) in [4.78, 5) is 33.5. The van der Waals surface area contributed by atoms with E-state index in [0.717, 1.165) is 0 Å². The lowest BCUT2D eigenvalue weighted by molar-refractivity contribution is -0.124. The van der Waals surface area contributed by atoms with Gasteiger partial charge in [-0.2, -0.15) is 0 Å². The minimum absolute atomic E-state index is 0.272. The van der Waals surface area contributed by atoms with Crippen molar-refractivity contribution in [3.05, 3.63) is 60.4 Å². The van der Waals surface area contributed by atoms with Crippen LogP contribution < -0.4 is 10.1 Å². The average molecular weight is 365 g/mol. The maximum Gasteiger partial charge on any atom is 0.341 e. The lowest BCUT2D eigenvalue weighted by Gasteiger charge is -2.16. The fourth-order valence-corrected chi connectivity index (χ4v) is 2.60. The number of methoxy groups -OCH3 is 1. The monoisotopic (exact) mass is 365 g/mol. The molecule has 0 fully saturated rings. The molecule has 2 aromatic carbocycles. The Kier molecular flexibility index (Phi) is 5.61. The van der Waals surface area contributed by atoms with Gasteiger partial charge in [0.1, 0.15) is 11.3 Å². The minimum atomic E-state index is -0.935. The molecular formula is C20H19N3O4. The van der Waals surface area contributed by atoms with Crippen LogP contribution in [0.3, 0.4) is 0 Å². The number of carbonyl (C=O) groups is 2. The van der Waals surface area contributed by atoms with E-state index in [0.29, 0.717) is 28.9 Å². The molecule has 1 N–H and O–H groups in total.